The fourth-order valence-corrected chi connectivity index (χ4v) is 0. The van der Waals surface area contributed by atoms with Gasteiger partial charge in [-0.15, -0.1) is 0 Å². The Kier molecular flexibility index (Phi) is 293. The number of rotatable bonds is 0. The van der Waals surface area contributed by atoms with E-state index in [0.717, 1.165) is 0 Å². The Balaban J connectivity index is 0. The van der Waals surface area contributed by atoms with Crippen LogP contribution in [0.25, 0.3) is 0 Å². The Hall–Kier alpha value is 4.12. The van der Waals surface area contributed by atoms with E-state index in [1.807, 2.05) is 0 Å². The van der Waals surface area contributed by atoms with E-state index in [4.69, 9.17) is 0 Å². The van der Waals surface area contributed by atoms with Gasteiger partial charge in [-0.2, -0.15) is 0 Å². The van der Waals surface area contributed by atoms with Crippen molar-refractivity contribution in [2.75, 3.05) is 0 Å². The van der Waals surface area contributed by atoms with E-state index < -0.39 is 0 Å². The first kappa shape index (κ1) is 49.6. The van der Waals surface area contributed by atoms with Gasteiger partial charge in [0, 0.05) is 128 Å². The Labute approximate surface area is 132 Å². The zero-order valence-corrected chi connectivity index (χ0v) is 12.2. The van der Waals surface area contributed by atoms with Crippen LogP contribution in [0.2, 0.25) is 0 Å². The van der Waals surface area contributed by atoms with E-state index in [9.17, 15) is 0 Å². The van der Waals surface area contributed by atoms with Gasteiger partial charge in [0.2, 0.25) is 0 Å². The van der Waals surface area contributed by atoms with Crippen LogP contribution >= 0.6 is 0 Å². The molecule has 3 radical (unpaired) electrons. The van der Waals surface area contributed by atoms with Gasteiger partial charge in [-0.1, -0.05) is 7.43 Å². The molecule has 0 N–H and O–H groups in total. The molecule has 5 heteroatoms. The number of hydrogen-bond acceptors (Lipinski definition) is 0. The third-order valence-corrected chi connectivity index (χ3v) is 0. The summed E-state index contributed by atoms with van der Waals surface area (Å²) in [6, 6.07) is 0. The van der Waals surface area contributed by atoms with Crippen molar-refractivity contribution < 1.29 is 128 Å². The van der Waals surface area contributed by atoms with Crippen molar-refractivity contribution in [2.24, 2.45) is 0 Å². The number of hydrogen-bond donors (Lipinski definition) is 0. The van der Waals surface area contributed by atoms with Crippen LogP contribution in [-0.2, 0) is 50.9 Å². The molecule has 39 valence electrons. The first-order valence-electron chi connectivity index (χ1n) is 0. The molecular formula is CH4CeCoFeLaMn. The van der Waals surface area contributed by atoms with Gasteiger partial charge < -0.3 is 0 Å². The van der Waals surface area contributed by atoms with Gasteiger partial charge in [0.15, 0.2) is 0 Å². The van der Waals surface area contributed by atoms with Crippen molar-refractivity contribution in [3.05, 3.63) is 0 Å². The zero-order valence-electron chi connectivity index (χ0n) is 2.14. The Morgan fingerprint density at radius 1 is 1.00 bits per heavy atom. The second-order valence-electron chi connectivity index (χ2n) is 0. The van der Waals surface area contributed by atoms with Crippen molar-refractivity contribution in [1.82, 2.24) is 0 Å². The maximum atomic E-state index is 0. The summed E-state index contributed by atoms with van der Waals surface area (Å²) in [6.07, 6.45) is 0. The van der Waals surface area contributed by atoms with Gasteiger partial charge in [0.1, 0.15) is 0 Å². The van der Waals surface area contributed by atoms with Crippen molar-refractivity contribution >= 4 is 0 Å². The van der Waals surface area contributed by atoms with E-state index in [0.29, 0.717) is 0 Å². The standard InChI is InChI=1S/CH4.Ce.Co.Fe.La.Mn/h1H4;;;;;. The molecule has 0 unspecified atom stereocenters. The largest absolute Gasteiger partial charge is 0.0776 e. The SMILES string of the molecule is C.[Ce].[Co].[Fe].[La].[Mn]. The van der Waals surface area contributed by atoms with Gasteiger partial charge in [-0.05, 0) is 0 Å². The molecule has 0 heterocycles. The minimum absolute atomic E-state index is 0. The molecule has 0 aliphatic carbocycles. The molecule has 0 amide bonds. The second-order valence-corrected chi connectivity index (χ2v) is 0. The molecule has 0 aliphatic heterocycles. The third kappa shape index (κ3) is 24.3. The van der Waals surface area contributed by atoms with Gasteiger partial charge >= 0.3 is 0 Å². The van der Waals surface area contributed by atoms with Crippen LogP contribution < -0.4 is 0 Å². The molecule has 0 bridgehead atoms. The zero-order chi connectivity index (χ0) is 0. The predicted octanol–water partition coefficient (Wildman–Crippen LogP) is 0.629. The van der Waals surface area contributed by atoms with Gasteiger partial charge in [0.25, 0.3) is 0 Å². The molecule has 0 rings (SSSR count). The Bertz CT molecular complexity index is 15.5. The predicted molar refractivity (Wildman–Crippen MR) is 6.73 cm³/mol. The second kappa shape index (κ2) is 35.4. The average molecular weight is 465 g/mol. The minimum atomic E-state index is 0. The monoisotopic (exact) mass is 465 g/mol. The molecule has 0 fully saturated rings. The topological polar surface area (TPSA) is 0 Å². The third-order valence-electron chi connectivity index (χ3n) is 0. The van der Waals surface area contributed by atoms with Crippen molar-refractivity contribution in [2.45, 2.75) is 7.43 Å². The summed E-state index contributed by atoms with van der Waals surface area (Å²) in [5.41, 5.74) is 0. The van der Waals surface area contributed by atoms with Crippen LogP contribution in [0, 0.1) is 77.3 Å². The van der Waals surface area contributed by atoms with Crippen molar-refractivity contribution in [1.29, 1.82) is 0 Å². The summed E-state index contributed by atoms with van der Waals surface area (Å²) in [5.74, 6) is 0. The van der Waals surface area contributed by atoms with Crippen LogP contribution in [0.4, 0.5) is 0 Å². The Morgan fingerprint density at radius 2 is 1.00 bits per heavy atom. The summed E-state index contributed by atoms with van der Waals surface area (Å²) >= 11 is 0. The normalized spacial score (nSPS) is 0. The molecule has 0 atom stereocenters. The smallest absolute Gasteiger partial charge is 0 e. The molecule has 0 aliphatic rings. The van der Waals surface area contributed by atoms with Crippen molar-refractivity contribution in [3.8, 4) is 0 Å². The van der Waals surface area contributed by atoms with Gasteiger partial charge in [-0.25, -0.2) is 0 Å². The Morgan fingerprint density at radius 3 is 1.00 bits per heavy atom. The molecule has 0 saturated carbocycles. The van der Waals surface area contributed by atoms with E-state index in [1.54, 1.807) is 0 Å². The first-order chi connectivity index (χ1) is 0. The van der Waals surface area contributed by atoms with Crippen molar-refractivity contribution in [3.63, 3.8) is 0 Å². The summed E-state index contributed by atoms with van der Waals surface area (Å²) in [6.45, 7) is 0. The molecular weight excluding hydrogens is 461 g/mol. The van der Waals surface area contributed by atoms with Crippen LogP contribution in [0.1, 0.15) is 7.43 Å². The maximum absolute atomic E-state index is 0. The quantitative estimate of drug-likeness (QED) is 0.462. The maximum Gasteiger partial charge on any atom is 0 e. The van der Waals surface area contributed by atoms with Crippen LogP contribution in [0.5, 0.6) is 0 Å². The van der Waals surface area contributed by atoms with Gasteiger partial charge in [0.05, 0.1) is 0 Å². The van der Waals surface area contributed by atoms with Gasteiger partial charge in [-0.3, -0.25) is 0 Å². The average Bonchev–Trinajstić information content (AvgIpc) is 0. The molecule has 0 aromatic rings. The van der Waals surface area contributed by atoms with Crippen LogP contribution in [0.15, 0.2) is 0 Å². The van der Waals surface area contributed by atoms with E-state index >= 15 is 0 Å². The molecule has 0 aromatic carbocycles. The molecule has 0 saturated heterocycles. The molecule has 0 nitrogen and oxygen atoms in total. The fourth-order valence-electron chi connectivity index (χ4n) is 0. The summed E-state index contributed by atoms with van der Waals surface area (Å²) < 4.78 is 0. The molecule has 0 spiro atoms. The van der Waals surface area contributed by atoms with E-state index in [2.05, 4.69) is 0 Å². The fraction of sp³-hybridized carbons (Fsp3) is 1.00. The van der Waals surface area contributed by atoms with Crippen LogP contribution in [0.3, 0.4) is 0 Å². The summed E-state index contributed by atoms with van der Waals surface area (Å²) in [5, 5.41) is 0. The first-order valence-corrected chi connectivity index (χ1v) is 0. The van der Waals surface area contributed by atoms with E-state index in [-0.39, 0.29) is 136 Å². The molecule has 6 heavy (non-hydrogen) atoms. The molecule has 0 aromatic heterocycles. The van der Waals surface area contributed by atoms with Crippen LogP contribution in [-0.4, -0.2) is 0 Å². The van der Waals surface area contributed by atoms with E-state index in [1.165, 1.54) is 0 Å². The minimum Gasteiger partial charge on any atom is -0.0776 e. The summed E-state index contributed by atoms with van der Waals surface area (Å²) in [4.78, 5) is 0. The summed E-state index contributed by atoms with van der Waals surface area (Å²) in [7, 11) is 0.